The van der Waals surface area contributed by atoms with Gasteiger partial charge in [-0.05, 0) is 6.92 Å². The largest absolute Gasteiger partial charge is 0.367 e. The van der Waals surface area contributed by atoms with Crippen LogP contribution < -0.4 is 16.5 Å². The highest BCUT2D eigenvalue weighted by atomic mass is 16.2. The number of aromatic nitrogens is 1. The van der Waals surface area contributed by atoms with Crippen molar-refractivity contribution in [3.05, 3.63) is 34.2 Å². The number of amides is 1. The number of nitrogens with one attached hydrogen (secondary N) is 2. The highest BCUT2D eigenvalue weighted by molar-refractivity contribution is 5.93. The van der Waals surface area contributed by atoms with Crippen molar-refractivity contribution in [2.45, 2.75) is 13.0 Å². The molecule has 0 aliphatic rings. The van der Waals surface area contributed by atoms with Gasteiger partial charge in [0.15, 0.2) is 5.43 Å². The zero-order valence-electron chi connectivity index (χ0n) is 7.91. The normalized spacial score (nSPS) is 12.1. The fourth-order valence-electron chi connectivity index (χ4n) is 0.954. The smallest absolute Gasteiger partial charge is 0.256 e. The van der Waals surface area contributed by atoms with Gasteiger partial charge in [0.05, 0.1) is 0 Å². The molecule has 1 amide bonds. The topological polar surface area (TPSA) is 88.0 Å². The SMILES string of the molecule is CC(CN)NC(=O)c1c[nH]ccc1=O. The van der Waals surface area contributed by atoms with Crippen LogP contribution in [0.15, 0.2) is 23.3 Å². The third-order valence-electron chi connectivity index (χ3n) is 1.80. The van der Waals surface area contributed by atoms with Crippen molar-refractivity contribution >= 4 is 5.91 Å². The number of pyridine rings is 1. The fourth-order valence-corrected chi connectivity index (χ4v) is 0.954. The zero-order chi connectivity index (χ0) is 10.6. The molecule has 1 aromatic heterocycles. The van der Waals surface area contributed by atoms with Gasteiger partial charge in [0.25, 0.3) is 5.91 Å². The molecule has 4 N–H and O–H groups in total. The summed E-state index contributed by atoms with van der Waals surface area (Å²) in [4.78, 5) is 25.3. The molecule has 0 fully saturated rings. The molecule has 1 aromatic rings. The van der Waals surface area contributed by atoms with Crippen molar-refractivity contribution in [1.29, 1.82) is 0 Å². The van der Waals surface area contributed by atoms with E-state index in [0.717, 1.165) is 0 Å². The lowest BCUT2D eigenvalue weighted by atomic mass is 10.2. The van der Waals surface area contributed by atoms with Gasteiger partial charge in [0, 0.05) is 31.0 Å². The van der Waals surface area contributed by atoms with Gasteiger partial charge < -0.3 is 16.0 Å². The summed E-state index contributed by atoms with van der Waals surface area (Å²) >= 11 is 0. The van der Waals surface area contributed by atoms with Crippen LogP contribution in [0, 0.1) is 0 Å². The maximum atomic E-state index is 11.4. The van der Waals surface area contributed by atoms with E-state index in [0.29, 0.717) is 6.54 Å². The molecule has 14 heavy (non-hydrogen) atoms. The molecule has 0 saturated heterocycles. The molecule has 1 atom stereocenters. The monoisotopic (exact) mass is 195 g/mol. The van der Waals surface area contributed by atoms with Gasteiger partial charge in [0.1, 0.15) is 5.56 Å². The molecule has 5 nitrogen and oxygen atoms in total. The molecule has 0 radical (unpaired) electrons. The minimum atomic E-state index is -0.398. The molecule has 5 heteroatoms. The third-order valence-corrected chi connectivity index (χ3v) is 1.80. The summed E-state index contributed by atoms with van der Waals surface area (Å²) < 4.78 is 0. The number of hydrogen-bond acceptors (Lipinski definition) is 3. The number of rotatable bonds is 3. The van der Waals surface area contributed by atoms with Crippen LogP contribution in [-0.2, 0) is 0 Å². The van der Waals surface area contributed by atoms with Gasteiger partial charge in [-0.25, -0.2) is 0 Å². The molecular formula is C9H13N3O2. The van der Waals surface area contributed by atoms with Gasteiger partial charge in [-0.3, -0.25) is 9.59 Å². The van der Waals surface area contributed by atoms with E-state index < -0.39 is 5.91 Å². The second-order valence-electron chi connectivity index (χ2n) is 3.03. The summed E-state index contributed by atoms with van der Waals surface area (Å²) in [6.45, 7) is 2.12. The van der Waals surface area contributed by atoms with Gasteiger partial charge in [-0.1, -0.05) is 0 Å². The van der Waals surface area contributed by atoms with Crippen molar-refractivity contribution < 1.29 is 4.79 Å². The number of nitrogens with two attached hydrogens (primary N) is 1. The molecule has 0 saturated carbocycles. The summed E-state index contributed by atoms with van der Waals surface area (Å²) in [5.41, 5.74) is 5.14. The molecule has 1 unspecified atom stereocenters. The number of carbonyl (C=O) groups excluding carboxylic acids is 1. The van der Waals surface area contributed by atoms with Crippen molar-refractivity contribution in [2.75, 3.05) is 6.54 Å². The van der Waals surface area contributed by atoms with Crippen molar-refractivity contribution in [3.63, 3.8) is 0 Å². The van der Waals surface area contributed by atoms with Crippen LogP contribution >= 0.6 is 0 Å². The molecule has 0 bridgehead atoms. The van der Waals surface area contributed by atoms with Crippen LogP contribution in [0.1, 0.15) is 17.3 Å². The van der Waals surface area contributed by atoms with E-state index in [-0.39, 0.29) is 17.0 Å². The van der Waals surface area contributed by atoms with Crippen LogP contribution in [-0.4, -0.2) is 23.5 Å². The second kappa shape index (κ2) is 4.57. The summed E-state index contributed by atoms with van der Waals surface area (Å²) in [5.74, 6) is -0.398. The average molecular weight is 195 g/mol. The number of aromatic amines is 1. The molecule has 0 aliphatic heterocycles. The van der Waals surface area contributed by atoms with Crippen LogP contribution in [0.5, 0.6) is 0 Å². The Balaban J connectivity index is 2.80. The van der Waals surface area contributed by atoms with Crippen molar-refractivity contribution in [2.24, 2.45) is 5.73 Å². The molecular weight excluding hydrogens is 182 g/mol. The van der Waals surface area contributed by atoms with E-state index in [2.05, 4.69) is 10.3 Å². The first kappa shape index (κ1) is 10.5. The number of H-pyrrole nitrogens is 1. The fraction of sp³-hybridized carbons (Fsp3) is 0.333. The Kier molecular flexibility index (Phi) is 3.41. The highest BCUT2D eigenvalue weighted by Crippen LogP contribution is 1.89. The van der Waals surface area contributed by atoms with E-state index >= 15 is 0 Å². The number of hydrogen-bond donors (Lipinski definition) is 3. The summed E-state index contributed by atoms with van der Waals surface area (Å²) in [7, 11) is 0. The molecule has 0 spiro atoms. The van der Waals surface area contributed by atoms with E-state index in [1.807, 2.05) is 0 Å². The van der Waals surface area contributed by atoms with Gasteiger partial charge in [-0.2, -0.15) is 0 Å². The van der Waals surface area contributed by atoms with Crippen LogP contribution in [0.25, 0.3) is 0 Å². The first-order valence-corrected chi connectivity index (χ1v) is 4.33. The lowest BCUT2D eigenvalue weighted by molar-refractivity contribution is 0.0940. The van der Waals surface area contributed by atoms with E-state index in [1.165, 1.54) is 18.5 Å². The van der Waals surface area contributed by atoms with Gasteiger partial charge >= 0.3 is 0 Å². The third kappa shape index (κ3) is 2.43. The van der Waals surface area contributed by atoms with Gasteiger partial charge in [0.2, 0.25) is 0 Å². The lowest BCUT2D eigenvalue weighted by Crippen LogP contribution is -2.39. The Hall–Kier alpha value is -1.62. The first-order valence-electron chi connectivity index (χ1n) is 4.33. The Morgan fingerprint density at radius 3 is 3.00 bits per heavy atom. The molecule has 1 heterocycles. The Morgan fingerprint density at radius 2 is 2.43 bits per heavy atom. The highest BCUT2D eigenvalue weighted by Gasteiger charge is 2.10. The van der Waals surface area contributed by atoms with Crippen LogP contribution in [0.2, 0.25) is 0 Å². The van der Waals surface area contributed by atoms with Crippen molar-refractivity contribution in [1.82, 2.24) is 10.3 Å². The Morgan fingerprint density at radius 1 is 1.71 bits per heavy atom. The summed E-state index contributed by atoms with van der Waals surface area (Å²) in [5, 5.41) is 2.60. The maximum absolute atomic E-state index is 11.4. The van der Waals surface area contributed by atoms with E-state index in [4.69, 9.17) is 5.73 Å². The van der Waals surface area contributed by atoms with E-state index in [9.17, 15) is 9.59 Å². The van der Waals surface area contributed by atoms with Crippen molar-refractivity contribution in [3.8, 4) is 0 Å². The van der Waals surface area contributed by atoms with Crippen LogP contribution in [0.4, 0.5) is 0 Å². The standard InChI is InChI=1S/C9H13N3O2/c1-6(4-10)12-9(14)7-5-11-3-2-8(7)13/h2-3,5-6H,4,10H2,1H3,(H,11,13)(H,12,14). The quantitative estimate of drug-likeness (QED) is 0.604. The van der Waals surface area contributed by atoms with E-state index in [1.54, 1.807) is 6.92 Å². The minimum absolute atomic E-state index is 0.104. The number of carbonyl (C=O) groups is 1. The predicted octanol–water partition coefficient (Wildman–Crippen LogP) is -0.548. The summed E-state index contributed by atoms with van der Waals surface area (Å²) in [6, 6.07) is 1.17. The first-order chi connectivity index (χ1) is 6.65. The molecule has 1 rings (SSSR count). The maximum Gasteiger partial charge on any atom is 0.256 e. The molecule has 0 aliphatic carbocycles. The minimum Gasteiger partial charge on any atom is -0.367 e. The predicted molar refractivity (Wildman–Crippen MR) is 53.0 cm³/mol. The molecule has 0 aromatic carbocycles. The molecule has 76 valence electrons. The average Bonchev–Trinajstić information content (AvgIpc) is 2.18. The second-order valence-corrected chi connectivity index (χ2v) is 3.03. The summed E-state index contributed by atoms with van der Waals surface area (Å²) in [6.07, 6.45) is 2.85. The zero-order valence-corrected chi connectivity index (χ0v) is 7.91. The van der Waals surface area contributed by atoms with Gasteiger partial charge in [-0.15, -0.1) is 0 Å². The van der Waals surface area contributed by atoms with Crippen LogP contribution in [0.3, 0.4) is 0 Å². The lowest BCUT2D eigenvalue weighted by Gasteiger charge is -2.10. The Bertz CT molecular complexity index is 372. The Labute approximate surface area is 81.3 Å².